The van der Waals surface area contributed by atoms with Gasteiger partial charge in [-0.05, 0) is 23.3 Å². The Morgan fingerprint density at radius 3 is 2.79 bits per heavy atom. The number of ether oxygens (including phenoxy) is 1. The fourth-order valence-electron chi connectivity index (χ4n) is 3.28. The lowest BCUT2D eigenvalue weighted by molar-refractivity contribution is 0.0937. The van der Waals surface area contributed by atoms with Gasteiger partial charge in [-0.15, -0.1) is 0 Å². The summed E-state index contributed by atoms with van der Waals surface area (Å²) in [6.07, 6.45) is 1.77. The summed E-state index contributed by atoms with van der Waals surface area (Å²) in [4.78, 5) is 11.3. The van der Waals surface area contributed by atoms with E-state index in [0.29, 0.717) is 35.8 Å². The number of nitrogens with zero attached hydrogens (tertiary/aromatic N) is 3. The maximum atomic E-state index is 6.26. The second-order valence-electron chi connectivity index (χ2n) is 6.50. The van der Waals surface area contributed by atoms with E-state index >= 15 is 0 Å². The molecule has 0 radical (unpaired) electrons. The summed E-state index contributed by atoms with van der Waals surface area (Å²) in [6.45, 7) is 2.58. The second kappa shape index (κ2) is 8.78. The monoisotopic (exact) mass is 414 g/mol. The standard InChI is InChI=1S/C21H20Cl2N4O/c22-17-8-4-7-16(20(17)23)13-25-21-24-10-9-19(26-21)27-11-12-28-14-18(27)15-5-2-1-3-6-15/h1-10,18H,11-14H2,(H,24,25,26)/t18-/m1/s1. The Labute approximate surface area is 174 Å². The molecule has 2 heterocycles. The van der Waals surface area contributed by atoms with E-state index in [1.807, 2.05) is 36.4 Å². The summed E-state index contributed by atoms with van der Waals surface area (Å²) >= 11 is 12.4. The number of anilines is 2. The van der Waals surface area contributed by atoms with Crippen LogP contribution in [-0.2, 0) is 11.3 Å². The zero-order valence-corrected chi connectivity index (χ0v) is 16.7. The molecule has 1 aliphatic heterocycles. The van der Waals surface area contributed by atoms with Gasteiger partial charge in [0.2, 0.25) is 5.95 Å². The molecular formula is C21H20Cl2N4O. The maximum absolute atomic E-state index is 6.26. The van der Waals surface area contributed by atoms with Crippen molar-refractivity contribution in [3.8, 4) is 0 Å². The number of rotatable bonds is 5. The van der Waals surface area contributed by atoms with Crippen molar-refractivity contribution in [1.82, 2.24) is 9.97 Å². The summed E-state index contributed by atoms with van der Waals surface area (Å²) in [6, 6.07) is 18.0. The highest BCUT2D eigenvalue weighted by Gasteiger charge is 2.26. The zero-order valence-electron chi connectivity index (χ0n) is 15.2. The van der Waals surface area contributed by atoms with Crippen molar-refractivity contribution < 1.29 is 4.74 Å². The first-order valence-corrected chi connectivity index (χ1v) is 9.87. The maximum Gasteiger partial charge on any atom is 0.224 e. The van der Waals surface area contributed by atoms with Crippen LogP contribution in [0.25, 0.3) is 0 Å². The molecule has 1 N–H and O–H groups in total. The average Bonchev–Trinajstić information content (AvgIpc) is 2.76. The third-order valence-electron chi connectivity index (χ3n) is 4.72. The molecule has 7 heteroatoms. The fraction of sp³-hybridized carbons (Fsp3) is 0.238. The molecule has 1 fully saturated rings. The van der Waals surface area contributed by atoms with Crippen LogP contribution >= 0.6 is 23.2 Å². The molecule has 1 aromatic heterocycles. The van der Waals surface area contributed by atoms with Crippen molar-refractivity contribution in [3.63, 3.8) is 0 Å². The molecule has 1 atom stereocenters. The molecule has 0 amide bonds. The molecule has 0 saturated carbocycles. The zero-order chi connectivity index (χ0) is 19.3. The van der Waals surface area contributed by atoms with Crippen LogP contribution in [0.15, 0.2) is 60.8 Å². The normalized spacial score (nSPS) is 16.8. The quantitative estimate of drug-likeness (QED) is 0.638. The lowest BCUT2D eigenvalue weighted by atomic mass is 10.1. The van der Waals surface area contributed by atoms with E-state index in [-0.39, 0.29) is 6.04 Å². The number of halogens is 2. The van der Waals surface area contributed by atoms with E-state index in [9.17, 15) is 0 Å². The lowest BCUT2D eigenvalue weighted by Gasteiger charge is -2.36. The third-order valence-corrected chi connectivity index (χ3v) is 5.57. The Hall–Kier alpha value is -2.34. The van der Waals surface area contributed by atoms with Gasteiger partial charge < -0.3 is 15.0 Å². The summed E-state index contributed by atoms with van der Waals surface area (Å²) < 4.78 is 5.72. The van der Waals surface area contributed by atoms with E-state index in [0.717, 1.165) is 17.9 Å². The van der Waals surface area contributed by atoms with Crippen molar-refractivity contribution >= 4 is 35.0 Å². The Balaban J connectivity index is 1.53. The van der Waals surface area contributed by atoms with Gasteiger partial charge in [0.25, 0.3) is 0 Å². The van der Waals surface area contributed by atoms with Gasteiger partial charge in [0.1, 0.15) is 5.82 Å². The van der Waals surface area contributed by atoms with Gasteiger partial charge in [0.15, 0.2) is 0 Å². The summed E-state index contributed by atoms with van der Waals surface area (Å²) in [5.74, 6) is 1.42. The minimum atomic E-state index is 0.125. The molecular weight excluding hydrogens is 395 g/mol. The van der Waals surface area contributed by atoms with Crippen LogP contribution in [-0.4, -0.2) is 29.7 Å². The van der Waals surface area contributed by atoms with Gasteiger partial charge in [-0.25, -0.2) is 4.98 Å². The number of benzene rings is 2. The lowest BCUT2D eigenvalue weighted by Crippen LogP contribution is -2.40. The van der Waals surface area contributed by atoms with Crippen LogP contribution in [0.3, 0.4) is 0 Å². The summed E-state index contributed by atoms with van der Waals surface area (Å²) in [7, 11) is 0. The molecule has 0 bridgehead atoms. The Bertz CT molecular complexity index is 939. The highest BCUT2D eigenvalue weighted by molar-refractivity contribution is 6.42. The van der Waals surface area contributed by atoms with Gasteiger partial charge in [-0.2, -0.15) is 4.98 Å². The number of aromatic nitrogens is 2. The highest BCUT2D eigenvalue weighted by Crippen LogP contribution is 2.29. The van der Waals surface area contributed by atoms with Crippen LogP contribution in [0.4, 0.5) is 11.8 Å². The molecule has 0 spiro atoms. The Morgan fingerprint density at radius 2 is 1.93 bits per heavy atom. The van der Waals surface area contributed by atoms with Crippen molar-refractivity contribution in [2.75, 3.05) is 30.0 Å². The topological polar surface area (TPSA) is 50.3 Å². The summed E-state index contributed by atoms with van der Waals surface area (Å²) in [5.41, 5.74) is 2.11. The van der Waals surface area contributed by atoms with E-state index in [2.05, 4.69) is 27.3 Å². The largest absolute Gasteiger partial charge is 0.377 e. The molecule has 2 aromatic carbocycles. The smallest absolute Gasteiger partial charge is 0.224 e. The third kappa shape index (κ3) is 4.22. The van der Waals surface area contributed by atoms with E-state index in [1.54, 1.807) is 12.3 Å². The van der Waals surface area contributed by atoms with E-state index in [1.165, 1.54) is 5.56 Å². The highest BCUT2D eigenvalue weighted by atomic mass is 35.5. The van der Waals surface area contributed by atoms with Crippen LogP contribution in [0.2, 0.25) is 10.0 Å². The molecule has 0 aliphatic carbocycles. The van der Waals surface area contributed by atoms with Gasteiger partial charge in [-0.1, -0.05) is 65.7 Å². The Morgan fingerprint density at radius 1 is 1.07 bits per heavy atom. The molecule has 1 aliphatic rings. The number of nitrogens with one attached hydrogen (secondary N) is 1. The second-order valence-corrected chi connectivity index (χ2v) is 7.28. The molecule has 3 aromatic rings. The van der Waals surface area contributed by atoms with Crippen LogP contribution < -0.4 is 10.2 Å². The van der Waals surface area contributed by atoms with Crippen molar-refractivity contribution in [3.05, 3.63) is 82.0 Å². The van der Waals surface area contributed by atoms with Gasteiger partial charge in [0.05, 0.1) is 29.3 Å². The van der Waals surface area contributed by atoms with Crippen molar-refractivity contribution in [1.29, 1.82) is 0 Å². The van der Waals surface area contributed by atoms with Gasteiger partial charge >= 0.3 is 0 Å². The molecule has 5 nitrogen and oxygen atoms in total. The van der Waals surface area contributed by atoms with Crippen molar-refractivity contribution in [2.24, 2.45) is 0 Å². The molecule has 28 heavy (non-hydrogen) atoms. The first-order valence-electron chi connectivity index (χ1n) is 9.11. The van der Waals surface area contributed by atoms with Gasteiger partial charge in [-0.3, -0.25) is 0 Å². The van der Waals surface area contributed by atoms with Crippen LogP contribution in [0.1, 0.15) is 17.2 Å². The van der Waals surface area contributed by atoms with Gasteiger partial charge in [0, 0.05) is 19.3 Å². The molecule has 1 saturated heterocycles. The first kappa shape index (κ1) is 19.0. The first-order chi connectivity index (χ1) is 13.7. The van der Waals surface area contributed by atoms with Crippen LogP contribution in [0, 0.1) is 0 Å². The number of hydrogen-bond donors (Lipinski definition) is 1. The predicted molar refractivity (Wildman–Crippen MR) is 113 cm³/mol. The number of hydrogen-bond acceptors (Lipinski definition) is 5. The van der Waals surface area contributed by atoms with E-state index < -0.39 is 0 Å². The van der Waals surface area contributed by atoms with Crippen molar-refractivity contribution in [2.45, 2.75) is 12.6 Å². The Kier molecular flexibility index (Phi) is 5.95. The minimum absolute atomic E-state index is 0.125. The van der Waals surface area contributed by atoms with Crippen LogP contribution in [0.5, 0.6) is 0 Å². The average molecular weight is 415 g/mol. The SMILES string of the molecule is Clc1cccc(CNc2nccc(N3CCOC[C@@H]3c3ccccc3)n2)c1Cl. The molecule has 144 valence electrons. The molecule has 4 rings (SSSR count). The molecule has 0 unspecified atom stereocenters. The minimum Gasteiger partial charge on any atom is -0.377 e. The summed E-state index contributed by atoms with van der Waals surface area (Å²) in [5, 5.41) is 4.32. The number of morpholine rings is 1. The predicted octanol–water partition coefficient (Wildman–Crippen LogP) is 4.97. The fourth-order valence-corrected chi connectivity index (χ4v) is 3.67. The van der Waals surface area contributed by atoms with E-state index in [4.69, 9.17) is 32.9 Å².